The van der Waals surface area contributed by atoms with E-state index in [2.05, 4.69) is 35.3 Å². The lowest BCUT2D eigenvalue weighted by Gasteiger charge is -2.12. The summed E-state index contributed by atoms with van der Waals surface area (Å²) in [6.45, 7) is 0. The fourth-order valence-corrected chi connectivity index (χ4v) is 2.71. The Kier molecular flexibility index (Phi) is 4.45. The molecule has 11 heteroatoms. The number of nitrogens with one attached hydrogen (secondary N) is 1. The van der Waals surface area contributed by atoms with Crippen LogP contribution in [0.5, 0.6) is 5.75 Å². The van der Waals surface area contributed by atoms with E-state index in [1.54, 1.807) is 12.1 Å². The van der Waals surface area contributed by atoms with Crippen LogP contribution in [0.3, 0.4) is 0 Å². The second kappa shape index (κ2) is 7.08. The quantitative estimate of drug-likeness (QED) is 0.271. The van der Waals surface area contributed by atoms with Crippen LogP contribution in [-0.2, 0) is 0 Å². The maximum Gasteiger partial charge on any atom is 0.245 e. The van der Waals surface area contributed by atoms with E-state index in [4.69, 9.17) is 17.4 Å². The Morgan fingerprint density at radius 1 is 1.14 bits per heavy atom. The van der Waals surface area contributed by atoms with Crippen molar-refractivity contribution >= 4 is 40.1 Å². The Morgan fingerprint density at radius 3 is 2.64 bits per heavy atom. The van der Waals surface area contributed by atoms with Crippen LogP contribution in [0.15, 0.2) is 52.2 Å². The molecule has 0 saturated carbocycles. The number of halogens is 2. The van der Waals surface area contributed by atoms with E-state index in [1.165, 1.54) is 30.3 Å². The molecule has 0 aliphatic heterocycles. The van der Waals surface area contributed by atoms with Crippen LogP contribution in [0.2, 0.25) is 5.02 Å². The molecule has 4 rings (SSSR count). The molecule has 2 aromatic carbocycles. The maximum absolute atomic E-state index is 13.4. The number of rotatable bonds is 4. The van der Waals surface area contributed by atoms with Gasteiger partial charge in [-0.3, -0.25) is 0 Å². The molecule has 0 aliphatic rings. The van der Waals surface area contributed by atoms with E-state index in [9.17, 15) is 9.50 Å². The van der Waals surface area contributed by atoms with Gasteiger partial charge >= 0.3 is 0 Å². The highest BCUT2D eigenvalue weighted by molar-refractivity contribution is 6.31. The van der Waals surface area contributed by atoms with E-state index in [0.717, 1.165) is 0 Å². The number of hydrazone groups is 1. The summed E-state index contributed by atoms with van der Waals surface area (Å²) in [6, 6.07) is 10.4. The molecule has 2 heterocycles. The van der Waals surface area contributed by atoms with Crippen LogP contribution in [0.1, 0.15) is 11.3 Å². The fourth-order valence-electron chi connectivity index (χ4n) is 2.53. The Bertz CT molecular complexity index is 1210. The summed E-state index contributed by atoms with van der Waals surface area (Å²) in [5, 5.41) is 23.8. The van der Waals surface area contributed by atoms with Gasteiger partial charge in [0.1, 0.15) is 23.0 Å². The lowest BCUT2D eigenvalue weighted by molar-refractivity contribution is 0.314. The highest BCUT2D eigenvalue weighted by Crippen LogP contribution is 2.26. The third-order valence-corrected chi connectivity index (χ3v) is 4.06. The van der Waals surface area contributed by atoms with Gasteiger partial charge in [-0.05, 0) is 40.6 Å². The average Bonchev–Trinajstić information content (AvgIpc) is 3.13. The highest BCUT2D eigenvalue weighted by Gasteiger charge is 2.20. The van der Waals surface area contributed by atoms with Gasteiger partial charge in [0, 0.05) is 11.3 Å². The number of nitrogens with zero attached hydrogens (tertiary/aromatic N) is 5. The molecular formula is C17H11ClFN7O2. The summed E-state index contributed by atoms with van der Waals surface area (Å²) >= 11 is 5.84. The fraction of sp³-hybridized carbons (Fsp3) is 0. The summed E-state index contributed by atoms with van der Waals surface area (Å²) in [5.41, 5.74) is 1.67. The van der Waals surface area contributed by atoms with Gasteiger partial charge in [0.25, 0.3) is 0 Å². The number of phenolic OH excluding ortho intramolecular Hbond substituents is 1. The summed E-state index contributed by atoms with van der Waals surface area (Å²) in [7, 11) is 0. The standard InChI is InChI=1S/C17H11ClFN7O2/c18-11-7-9(4-5-12(11)19)21-15-14(22-16-17(23-15)26-28-25-16)13(24-20)8-2-1-3-10(27)6-8/h1-7,27H,20H2,(H,21,23,26)/b24-13+. The number of anilines is 2. The van der Waals surface area contributed by atoms with E-state index < -0.39 is 5.82 Å². The van der Waals surface area contributed by atoms with E-state index in [1.807, 2.05) is 0 Å². The first-order chi connectivity index (χ1) is 13.5. The van der Waals surface area contributed by atoms with Gasteiger partial charge < -0.3 is 16.3 Å². The number of benzene rings is 2. The predicted molar refractivity (Wildman–Crippen MR) is 100 cm³/mol. The van der Waals surface area contributed by atoms with Gasteiger partial charge in [0.15, 0.2) is 5.82 Å². The zero-order valence-electron chi connectivity index (χ0n) is 14.0. The molecule has 4 N–H and O–H groups in total. The number of hydrogen-bond acceptors (Lipinski definition) is 9. The van der Waals surface area contributed by atoms with E-state index in [-0.39, 0.29) is 39.3 Å². The Hall–Kier alpha value is -3.79. The van der Waals surface area contributed by atoms with Crippen LogP contribution in [0.4, 0.5) is 15.9 Å². The minimum absolute atomic E-state index is 0.0237. The molecule has 9 nitrogen and oxygen atoms in total. The maximum atomic E-state index is 13.4. The molecule has 0 radical (unpaired) electrons. The van der Waals surface area contributed by atoms with Crippen molar-refractivity contribution in [1.29, 1.82) is 0 Å². The molecule has 4 aromatic rings. The van der Waals surface area contributed by atoms with Crippen molar-refractivity contribution in [2.24, 2.45) is 10.9 Å². The molecule has 0 unspecified atom stereocenters. The summed E-state index contributed by atoms with van der Waals surface area (Å²) in [4.78, 5) is 8.68. The Labute approximate surface area is 161 Å². The monoisotopic (exact) mass is 399 g/mol. The van der Waals surface area contributed by atoms with Crippen molar-refractivity contribution in [2.75, 3.05) is 5.32 Å². The van der Waals surface area contributed by atoms with Gasteiger partial charge in [0.05, 0.1) is 5.02 Å². The Balaban J connectivity index is 1.86. The number of nitrogens with two attached hydrogens (primary N) is 1. The molecule has 140 valence electrons. The van der Waals surface area contributed by atoms with Gasteiger partial charge in [-0.2, -0.15) is 5.10 Å². The third kappa shape index (κ3) is 3.28. The minimum atomic E-state index is -0.557. The number of fused-ring (bicyclic) bond motifs is 1. The van der Waals surface area contributed by atoms with Crippen LogP contribution < -0.4 is 11.2 Å². The van der Waals surface area contributed by atoms with Crippen molar-refractivity contribution in [1.82, 2.24) is 20.3 Å². The summed E-state index contributed by atoms with van der Waals surface area (Å²) in [5.74, 6) is 5.27. The molecule has 2 aromatic heterocycles. The van der Waals surface area contributed by atoms with Gasteiger partial charge in [0.2, 0.25) is 11.3 Å². The number of aromatic nitrogens is 4. The van der Waals surface area contributed by atoms with Crippen molar-refractivity contribution in [3.05, 3.63) is 64.6 Å². The molecule has 0 bridgehead atoms. The first-order valence-corrected chi connectivity index (χ1v) is 8.23. The lowest BCUT2D eigenvalue weighted by Crippen LogP contribution is -2.13. The molecule has 0 aliphatic carbocycles. The van der Waals surface area contributed by atoms with Gasteiger partial charge in [-0.15, -0.1) is 0 Å². The molecule has 28 heavy (non-hydrogen) atoms. The molecule has 0 fully saturated rings. The van der Waals surface area contributed by atoms with Crippen molar-refractivity contribution < 1.29 is 14.1 Å². The van der Waals surface area contributed by atoms with Gasteiger partial charge in [-0.1, -0.05) is 23.7 Å². The molecule has 0 spiro atoms. The van der Waals surface area contributed by atoms with E-state index in [0.29, 0.717) is 11.3 Å². The zero-order chi connectivity index (χ0) is 19.7. The van der Waals surface area contributed by atoms with Crippen molar-refractivity contribution in [3.63, 3.8) is 0 Å². The summed E-state index contributed by atoms with van der Waals surface area (Å²) in [6.07, 6.45) is 0. The Morgan fingerprint density at radius 2 is 1.93 bits per heavy atom. The van der Waals surface area contributed by atoms with E-state index >= 15 is 0 Å². The topological polar surface area (TPSA) is 135 Å². The van der Waals surface area contributed by atoms with Gasteiger partial charge in [-0.25, -0.2) is 19.0 Å². The normalized spacial score (nSPS) is 11.7. The average molecular weight is 400 g/mol. The second-order valence-corrected chi connectivity index (χ2v) is 6.02. The van der Waals surface area contributed by atoms with Crippen molar-refractivity contribution in [3.8, 4) is 5.75 Å². The summed E-state index contributed by atoms with van der Waals surface area (Å²) < 4.78 is 18.1. The number of phenols is 1. The van der Waals surface area contributed by atoms with Crippen LogP contribution in [-0.4, -0.2) is 31.1 Å². The van der Waals surface area contributed by atoms with Crippen LogP contribution in [0.25, 0.3) is 11.3 Å². The number of aromatic hydroxyl groups is 1. The smallest absolute Gasteiger partial charge is 0.245 e. The second-order valence-electron chi connectivity index (χ2n) is 5.61. The minimum Gasteiger partial charge on any atom is -0.508 e. The number of hydrogen-bond donors (Lipinski definition) is 3. The zero-order valence-corrected chi connectivity index (χ0v) is 14.7. The third-order valence-electron chi connectivity index (χ3n) is 3.77. The largest absolute Gasteiger partial charge is 0.508 e. The molecule has 0 amide bonds. The predicted octanol–water partition coefficient (Wildman–Crippen LogP) is 2.97. The van der Waals surface area contributed by atoms with Crippen LogP contribution >= 0.6 is 11.6 Å². The highest BCUT2D eigenvalue weighted by atomic mass is 35.5. The molecule has 0 atom stereocenters. The molecular weight excluding hydrogens is 389 g/mol. The van der Waals surface area contributed by atoms with Crippen LogP contribution in [0, 0.1) is 5.82 Å². The van der Waals surface area contributed by atoms with Crippen molar-refractivity contribution in [2.45, 2.75) is 0 Å². The first kappa shape index (κ1) is 17.6. The lowest BCUT2D eigenvalue weighted by atomic mass is 10.1. The first-order valence-electron chi connectivity index (χ1n) is 7.85. The molecule has 0 saturated heterocycles. The SMILES string of the molecule is N/N=C(\c1cccc(O)c1)c1nc2nonc2nc1Nc1ccc(F)c(Cl)c1.